The highest BCUT2D eigenvalue weighted by Gasteiger charge is 2.27. The van der Waals surface area contributed by atoms with Crippen molar-refractivity contribution in [1.82, 2.24) is 30.6 Å². The summed E-state index contributed by atoms with van der Waals surface area (Å²) in [4.78, 5) is 19.2. The van der Waals surface area contributed by atoms with Crippen LogP contribution in [0.1, 0.15) is 59.9 Å². The predicted molar refractivity (Wildman–Crippen MR) is 98.3 cm³/mol. The molecule has 1 saturated heterocycles. The Bertz CT molecular complexity index is 728. The topological polar surface area (TPSA) is 109 Å². The molecule has 1 aliphatic rings. The Morgan fingerprint density at radius 2 is 2.41 bits per heavy atom. The number of aromatic amines is 1. The van der Waals surface area contributed by atoms with Crippen LogP contribution in [0, 0.1) is 0 Å². The number of methoxy groups -OCH3 is 1. The fourth-order valence-corrected chi connectivity index (χ4v) is 3.45. The molecule has 2 aromatic rings. The number of carbonyl (C=O) groups excluding carboxylic acids is 1. The third-order valence-electron chi connectivity index (χ3n) is 4.76. The maximum atomic E-state index is 12.4. The Kier molecular flexibility index (Phi) is 6.94. The molecule has 1 amide bonds. The van der Waals surface area contributed by atoms with Gasteiger partial charge in [0.15, 0.2) is 5.82 Å². The number of hydrogen-bond acceptors (Lipinski definition) is 7. The summed E-state index contributed by atoms with van der Waals surface area (Å²) in [5, 5.41) is 14.1. The van der Waals surface area contributed by atoms with E-state index >= 15 is 0 Å². The molecule has 0 aromatic carbocycles. The first-order chi connectivity index (χ1) is 13.2. The fourth-order valence-electron chi connectivity index (χ4n) is 3.45. The summed E-state index contributed by atoms with van der Waals surface area (Å²) in [5.41, 5.74) is 1.51. The molecule has 1 fully saturated rings. The van der Waals surface area contributed by atoms with Gasteiger partial charge in [-0.25, -0.2) is 0 Å². The second-order valence-electron chi connectivity index (χ2n) is 6.87. The highest BCUT2D eigenvalue weighted by atomic mass is 16.5. The lowest BCUT2D eigenvalue weighted by atomic mass is 9.92. The van der Waals surface area contributed by atoms with Crippen LogP contribution in [0.15, 0.2) is 10.7 Å². The second-order valence-corrected chi connectivity index (χ2v) is 6.87. The number of nitrogens with zero attached hydrogens (tertiary/aromatic N) is 4. The van der Waals surface area contributed by atoms with E-state index in [1.807, 2.05) is 0 Å². The van der Waals surface area contributed by atoms with E-state index in [1.54, 1.807) is 13.3 Å². The van der Waals surface area contributed by atoms with E-state index in [2.05, 4.69) is 37.5 Å². The first kappa shape index (κ1) is 19.5. The summed E-state index contributed by atoms with van der Waals surface area (Å²) in [6, 6.07) is 0. The lowest BCUT2D eigenvalue weighted by Gasteiger charge is -2.31. The van der Waals surface area contributed by atoms with Crippen LogP contribution in [-0.2, 0) is 17.7 Å². The number of hydrogen-bond donors (Lipinski definition) is 2. The van der Waals surface area contributed by atoms with Gasteiger partial charge in [-0.05, 0) is 25.8 Å². The van der Waals surface area contributed by atoms with Gasteiger partial charge in [-0.15, -0.1) is 0 Å². The zero-order chi connectivity index (χ0) is 19.1. The Hall–Kier alpha value is -2.26. The first-order valence-corrected chi connectivity index (χ1v) is 9.55. The molecule has 0 spiro atoms. The van der Waals surface area contributed by atoms with Gasteiger partial charge in [-0.2, -0.15) is 10.1 Å². The largest absolute Gasteiger partial charge is 0.383 e. The number of rotatable bonds is 9. The highest BCUT2D eigenvalue weighted by molar-refractivity contribution is 5.95. The number of nitrogens with one attached hydrogen (secondary N) is 2. The molecule has 9 heteroatoms. The summed E-state index contributed by atoms with van der Waals surface area (Å²) in [6.45, 7) is 5.53. The van der Waals surface area contributed by atoms with Gasteiger partial charge in [0.25, 0.3) is 5.91 Å². The van der Waals surface area contributed by atoms with Gasteiger partial charge in [0.1, 0.15) is 0 Å². The standard InChI is InChI=1S/C18H28N6O3/c1-3-5-16-21-15(23-27-16)12-24-8-4-6-13(11-24)17-14(10-20-22-17)18(25)19-7-9-26-2/h10,13H,3-9,11-12H2,1-2H3,(H,19,25)(H,20,22)/t13-/m0/s1. The van der Waals surface area contributed by atoms with Crippen molar-refractivity contribution in [3.8, 4) is 0 Å². The van der Waals surface area contributed by atoms with E-state index in [9.17, 15) is 4.79 Å². The molecule has 2 N–H and O–H groups in total. The van der Waals surface area contributed by atoms with Gasteiger partial charge in [0.05, 0.1) is 30.6 Å². The van der Waals surface area contributed by atoms with Gasteiger partial charge in [0.2, 0.25) is 5.89 Å². The van der Waals surface area contributed by atoms with Crippen LogP contribution < -0.4 is 5.32 Å². The van der Waals surface area contributed by atoms with Crippen molar-refractivity contribution in [2.24, 2.45) is 0 Å². The van der Waals surface area contributed by atoms with E-state index in [1.165, 1.54) is 0 Å². The Labute approximate surface area is 158 Å². The second kappa shape index (κ2) is 9.61. The minimum Gasteiger partial charge on any atom is -0.383 e. The smallest absolute Gasteiger partial charge is 0.254 e. The van der Waals surface area contributed by atoms with Crippen LogP contribution in [0.4, 0.5) is 0 Å². The number of carbonyl (C=O) groups is 1. The molecule has 0 saturated carbocycles. The summed E-state index contributed by atoms with van der Waals surface area (Å²) in [7, 11) is 1.61. The molecular formula is C18H28N6O3. The quantitative estimate of drug-likeness (QED) is 0.638. The minimum absolute atomic E-state index is 0.115. The van der Waals surface area contributed by atoms with Crippen LogP contribution >= 0.6 is 0 Å². The summed E-state index contributed by atoms with van der Waals surface area (Å²) >= 11 is 0. The van der Waals surface area contributed by atoms with Gasteiger partial charge >= 0.3 is 0 Å². The fraction of sp³-hybridized carbons (Fsp3) is 0.667. The number of aromatic nitrogens is 4. The van der Waals surface area contributed by atoms with Crippen molar-refractivity contribution in [1.29, 1.82) is 0 Å². The Balaban J connectivity index is 1.61. The number of ether oxygens (including phenoxy) is 1. The molecule has 1 atom stereocenters. The summed E-state index contributed by atoms with van der Waals surface area (Å²) in [6.07, 6.45) is 5.47. The third kappa shape index (κ3) is 5.14. The Morgan fingerprint density at radius 3 is 3.22 bits per heavy atom. The van der Waals surface area contributed by atoms with Crippen LogP contribution in [0.3, 0.4) is 0 Å². The molecule has 0 aliphatic carbocycles. The lowest BCUT2D eigenvalue weighted by molar-refractivity contribution is 0.0934. The summed E-state index contributed by atoms with van der Waals surface area (Å²) < 4.78 is 10.3. The van der Waals surface area contributed by atoms with E-state index in [-0.39, 0.29) is 11.8 Å². The van der Waals surface area contributed by atoms with Gasteiger partial charge < -0.3 is 14.6 Å². The maximum absolute atomic E-state index is 12.4. The lowest BCUT2D eigenvalue weighted by Crippen LogP contribution is -2.35. The average Bonchev–Trinajstić information content (AvgIpc) is 3.32. The highest BCUT2D eigenvalue weighted by Crippen LogP contribution is 2.28. The van der Waals surface area contributed by atoms with Gasteiger partial charge in [-0.1, -0.05) is 12.1 Å². The SMILES string of the molecule is CCCc1nc(CN2CCC[C@H](c3[nH]ncc3C(=O)NCCOC)C2)no1. The maximum Gasteiger partial charge on any atom is 0.254 e. The zero-order valence-electron chi connectivity index (χ0n) is 16.0. The third-order valence-corrected chi connectivity index (χ3v) is 4.76. The molecule has 2 aromatic heterocycles. The molecule has 0 unspecified atom stereocenters. The van der Waals surface area contributed by atoms with E-state index in [0.717, 1.165) is 50.3 Å². The molecule has 1 aliphatic heterocycles. The van der Waals surface area contributed by atoms with Crippen LogP contribution in [-0.4, -0.2) is 64.5 Å². The molecular weight excluding hydrogens is 348 g/mol. The van der Waals surface area contributed by atoms with Crippen molar-refractivity contribution < 1.29 is 14.1 Å². The number of H-pyrrole nitrogens is 1. The predicted octanol–water partition coefficient (Wildman–Crippen LogP) is 1.50. The Morgan fingerprint density at radius 1 is 1.52 bits per heavy atom. The van der Waals surface area contributed by atoms with Crippen molar-refractivity contribution in [2.45, 2.75) is 45.1 Å². The average molecular weight is 376 g/mol. The van der Waals surface area contributed by atoms with Crippen LogP contribution in [0.25, 0.3) is 0 Å². The van der Waals surface area contributed by atoms with Gasteiger partial charge in [0, 0.05) is 32.5 Å². The van der Waals surface area contributed by atoms with Crippen molar-refractivity contribution in [3.05, 3.63) is 29.2 Å². The molecule has 0 radical (unpaired) electrons. The minimum atomic E-state index is -0.115. The monoisotopic (exact) mass is 376 g/mol. The molecule has 27 heavy (non-hydrogen) atoms. The van der Waals surface area contributed by atoms with Crippen LogP contribution in [0.2, 0.25) is 0 Å². The first-order valence-electron chi connectivity index (χ1n) is 9.55. The van der Waals surface area contributed by atoms with E-state index in [4.69, 9.17) is 9.26 Å². The normalized spacial score (nSPS) is 17.9. The van der Waals surface area contributed by atoms with Gasteiger partial charge in [-0.3, -0.25) is 14.8 Å². The zero-order valence-corrected chi connectivity index (χ0v) is 16.0. The molecule has 0 bridgehead atoms. The number of piperidine rings is 1. The van der Waals surface area contributed by atoms with Crippen molar-refractivity contribution >= 4 is 5.91 Å². The van der Waals surface area contributed by atoms with Crippen LogP contribution in [0.5, 0.6) is 0 Å². The number of likely N-dealkylation sites (tertiary alicyclic amines) is 1. The molecule has 3 heterocycles. The molecule has 9 nitrogen and oxygen atoms in total. The van der Waals surface area contributed by atoms with E-state index < -0.39 is 0 Å². The summed E-state index contributed by atoms with van der Waals surface area (Å²) in [5.74, 6) is 1.53. The number of aryl methyl sites for hydroxylation is 1. The molecule has 148 valence electrons. The van der Waals surface area contributed by atoms with Crippen molar-refractivity contribution in [3.63, 3.8) is 0 Å². The number of amides is 1. The van der Waals surface area contributed by atoms with Crippen molar-refractivity contribution in [2.75, 3.05) is 33.4 Å². The van der Waals surface area contributed by atoms with E-state index in [0.29, 0.717) is 31.2 Å². The molecule has 3 rings (SSSR count).